The number of pyridine rings is 1. The van der Waals surface area contributed by atoms with Crippen molar-refractivity contribution in [2.75, 3.05) is 25.1 Å². The Balaban J connectivity index is 1.67. The molecule has 0 radical (unpaired) electrons. The summed E-state index contributed by atoms with van der Waals surface area (Å²) in [6.07, 6.45) is 5.77. The van der Waals surface area contributed by atoms with Crippen molar-refractivity contribution in [2.24, 2.45) is 7.05 Å². The summed E-state index contributed by atoms with van der Waals surface area (Å²) in [5, 5.41) is 4.20. The molecular formula is C25H26FN7O2. The Morgan fingerprint density at radius 3 is 2.69 bits per heavy atom. The number of aromatic nitrogens is 5. The molecule has 0 unspecified atom stereocenters. The molecule has 10 heteroatoms. The van der Waals surface area contributed by atoms with Gasteiger partial charge in [-0.05, 0) is 32.0 Å². The molecule has 4 aromatic rings. The van der Waals surface area contributed by atoms with E-state index < -0.39 is 5.82 Å². The standard InChI is InChI=1S/C25H26FN7O2/c1-15(2)32-7-8-33(24-18(13-32)21(35-4)9-16(14-34)23(24)26)22-6-5-19-25(30-22)29-20(11-27-19)17-10-28-31(3)12-17/h5-6,9-12,14-15H,7-8,13H2,1-4H3. The fourth-order valence-electron chi connectivity index (χ4n) is 4.40. The summed E-state index contributed by atoms with van der Waals surface area (Å²) in [5.41, 5.74) is 3.47. The Labute approximate surface area is 202 Å². The van der Waals surface area contributed by atoms with Crippen LogP contribution < -0.4 is 9.64 Å². The van der Waals surface area contributed by atoms with Gasteiger partial charge in [0.2, 0.25) is 0 Å². The van der Waals surface area contributed by atoms with Crippen LogP contribution in [0.4, 0.5) is 15.9 Å². The smallest absolute Gasteiger partial charge is 0.180 e. The molecule has 0 saturated heterocycles. The maximum atomic E-state index is 15.7. The van der Waals surface area contributed by atoms with Crippen molar-refractivity contribution in [3.63, 3.8) is 0 Å². The second-order valence-electron chi connectivity index (χ2n) is 8.81. The number of benzene rings is 1. The molecule has 0 N–H and O–H groups in total. The first-order valence-corrected chi connectivity index (χ1v) is 11.4. The summed E-state index contributed by atoms with van der Waals surface area (Å²) >= 11 is 0. The maximum absolute atomic E-state index is 15.7. The zero-order valence-electron chi connectivity index (χ0n) is 20.1. The van der Waals surface area contributed by atoms with Gasteiger partial charge in [-0.15, -0.1) is 0 Å². The minimum atomic E-state index is -0.585. The zero-order valence-corrected chi connectivity index (χ0v) is 20.1. The number of ether oxygens (including phenoxy) is 1. The average molecular weight is 476 g/mol. The number of rotatable bonds is 5. The predicted molar refractivity (Wildman–Crippen MR) is 130 cm³/mol. The van der Waals surface area contributed by atoms with Crippen molar-refractivity contribution in [3.8, 4) is 17.0 Å². The average Bonchev–Trinajstić information content (AvgIpc) is 3.19. The summed E-state index contributed by atoms with van der Waals surface area (Å²) in [4.78, 5) is 29.7. The predicted octanol–water partition coefficient (Wildman–Crippen LogP) is 3.75. The number of hydrogen-bond donors (Lipinski definition) is 0. The molecule has 3 aromatic heterocycles. The maximum Gasteiger partial charge on any atom is 0.180 e. The van der Waals surface area contributed by atoms with E-state index in [4.69, 9.17) is 9.72 Å². The Morgan fingerprint density at radius 1 is 1.17 bits per heavy atom. The molecule has 0 atom stereocenters. The van der Waals surface area contributed by atoms with Gasteiger partial charge < -0.3 is 9.64 Å². The minimum absolute atomic E-state index is 0.0527. The summed E-state index contributed by atoms with van der Waals surface area (Å²) in [7, 11) is 3.36. The first-order chi connectivity index (χ1) is 16.9. The van der Waals surface area contributed by atoms with E-state index in [-0.39, 0.29) is 11.6 Å². The SMILES string of the molecule is COc1cc(C=O)c(F)c2c1CN(C(C)C)CCN2c1ccc2ncc(-c3cnn(C)c3)nc2n1. The molecule has 35 heavy (non-hydrogen) atoms. The van der Waals surface area contributed by atoms with E-state index in [0.29, 0.717) is 65.6 Å². The monoisotopic (exact) mass is 475 g/mol. The first kappa shape index (κ1) is 22.9. The third-order valence-corrected chi connectivity index (χ3v) is 6.32. The van der Waals surface area contributed by atoms with Crippen LogP contribution in [0.1, 0.15) is 29.8 Å². The molecule has 9 nitrogen and oxygen atoms in total. The molecule has 0 fully saturated rings. The lowest BCUT2D eigenvalue weighted by molar-refractivity contribution is 0.111. The number of hydrogen-bond acceptors (Lipinski definition) is 8. The Morgan fingerprint density at radius 2 is 2.00 bits per heavy atom. The molecule has 0 spiro atoms. The fraction of sp³-hybridized carbons (Fsp3) is 0.320. The molecule has 0 aliphatic carbocycles. The van der Waals surface area contributed by atoms with Gasteiger partial charge in [-0.2, -0.15) is 5.10 Å². The summed E-state index contributed by atoms with van der Waals surface area (Å²) < 4.78 is 23.0. The van der Waals surface area contributed by atoms with Crippen molar-refractivity contribution in [1.29, 1.82) is 0 Å². The number of carbonyl (C=O) groups excluding carboxylic acids is 1. The van der Waals surface area contributed by atoms with Gasteiger partial charge in [0.05, 0.1) is 36.4 Å². The van der Waals surface area contributed by atoms with E-state index in [1.54, 1.807) is 28.0 Å². The normalized spacial score (nSPS) is 14.3. The third kappa shape index (κ3) is 4.10. The lowest BCUT2D eigenvalue weighted by Gasteiger charge is -2.26. The van der Waals surface area contributed by atoms with E-state index in [1.165, 1.54) is 13.2 Å². The van der Waals surface area contributed by atoms with Gasteiger partial charge in [0.15, 0.2) is 17.8 Å². The third-order valence-electron chi connectivity index (χ3n) is 6.32. The Bertz CT molecular complexity index is 1420. The van der Waals surface area contributed by atoms with Crippen LogP contribution in [0.25, 0.3) is 22.4 Å². The lowest BCUT2D eigenvalue weighted by Crippen LogP contribution is -2.34. The van der Waals surface area contributed by atoms with E-state index in [0.717, 1.165) is 5.56 Å². The van der Waals surface area contributed by atoms with Crippen molar-refractivity contribution in [3.05, 3.63) is 53.7 Å². The highest BCUT2D eigenvalue weighted by Gasteiger charge is 2.30. The molecule has 1 aliphatic heterocycles. The van der Waals surface area contributed by atoms with Crippen LogP contribution in [-0.4, -0.2) is 62.2 Å². The van der Waals surface area contributed by atoms with Crippen LogP contribution in [0.15, 0.2) is 36.8 Å². The largest absolute Gasteiger partial charge is 0.496 e. The second kappa shape index (κ2) is 9.03. The van der Waals surface area contributed by atoms with Crippen LogP contribution in [0.5, 0.6) is 5.75 Å². The highest BCUT2D eigenvalue weighted by molar-refractivity contribution is 5.83. The minimum Gasteiger partial charge on any atom is -0.496 e. The number of aldehydes is 1. The van der Waals surface area contributed by atoms with Crippen molar-refractivity contribution < 1.29 is 13.9 Å². The van der Waals surface area contributed by atoms with Crippen LogP contribution in [0.3, 0.4) is 0 Å². The molecule has 1 aromatic carbocycles. The van der Waals surface area contributed by atoms with E-state index in [9.17, 15) is 4.79 Å². The fourth-order valence-corrected chi connectivity index (χ4v) is 4.40. The van der Waals surface area contributed by atoms with Gasteiger partial charge in [-0.3, -0.25) is 19.4 Å². The van der Waals surface area contributed by atoms with Gasteiger partial charge >= 0.3 is 0 Å². The number of anilines is 2. The topological polar surface area (TPSA) is 89.3 Å². The van der Waals surface area contributed by atoms with Gasteiger partial charge in [0.1, 0.15) is 17.1 Å². The Hall–Kier alpha value is -3.92. The van der Waals surface area contributed by atoms with Crippen molar-refractivity contribution in [1.82, 2.24) is 29.6 Å². The molecule has 0 saturated carbocycles. The van der Waals surface area contributed by atoms with Gasteiger partial charge in [-0.1, -0.05) is 0 Å². The number of carbonyl (C=O) groups is 1. The lowest BCUT2D eigenvalue weighted by atomic mass is 10.0. The van der Waals surface area contributed by atoms with Gasteiger partial charge in [0.25, 0.3) is 0 Å². The summed E-state index contributed by atoms with van der Waals surface area (Å²) in [6, 6.07) is 5.32. The second-order valence-corrected chi connectivity index (χ2v) is 8.81. The van der Waals surface area contributed by atoms with E-state index in [1.807, 2.05) is 19.3 Å². The molecular weight excluding hydrogens is 449 g/mol. The highest BCUT2D eigenvalue weighted by Crippen LogP contribution is 2.40. The first-order valence-electron chi connectivity index (χ1n) is 11.4. The number of methoxy groups -OCH3 is 1. The van der Waals surface area contributed by atoms with Crippen LogP contribution in [0.2, 0.25) is 0 Å². The molecule has 0 amide bonds. The summed E-state index contributed by atoms with van der Waals surface area (Å²) in [5.74, 6) is 0.407. The number of aryl methyl sites for hydroxylation is 1. The summed E-state index contributed by atoms with van der Waals surface area (Å²) in [6.45, 7) is 5.83. The van der Waals surface area contributed by atoms with Crippen LogP contribution in [0, 0.1) is 5.82 Å². The van der Waals surface area contributed by atoms with Gasteiger partial charge in [0, 0.05) is 50.0 Å². The van der Waals surface area contributed by atoms with Crippen LogP contribution in [-0.2, 0) is 13.6 Å². The quantitative estimate of drug-likeness (QED) is 0.403. The molecule has 5 rings (SSSR count). The number of halogens is 1. The van der Waals surface area contributed by atoms with E-state index in [2.05, 4.69) is 33.8 Å². The number of fused-ring (bicyclic) bond motifs is 2. The number of nitrogens with zero attached hydrogens (tertiary/aromatic N) is 7. The van der Waals surface area contributed by atoms with Gasteiger partial charge in [-0.25, -0.2) is 14.4 Å². The van der Waals surface area contributed by atoms with Crippen molar-refractivity contribution in [2.45, 2.75) is 26.4 Å². The highest BCUT2D eigenvalue weighted by atomic mass is 19.1. The van der Waals surface area contributed by atoms with Crippen LogP contribution >= 0.6 is 0 Å². The molecule has 1 aliphatic rings. The molecule has 4 heterocycles. The molecule has 0 bridgehead atoms. The Kier molecular flexibility index (Phi) is 5.89. The zero-order chi connectivity index (χ0) is 24.7. The van der Waals surface area contributed by atoms with E-state index >= 15 is 4.39 Å². The van der Waals surface area contributed by atoms with Crippen molar-refractivity contribution >= 4 is 29.0 Å². The molecule has 180 valence electrons.